The van der Waals surface area contributed by atoms with Crippen molar-refractivity contribution in [3.8, 4) is 6.07 Å². The average molecular weight is 509 g/mol. The summed E-state index contributed by atoms with van der Waals surface area (Å²) < 4.78 is 5.49. The van der Waals surface area contributed by atoms with Crippen molar-refractivity contribution < 1.29 is 9.53 Å². The number of nitrogens with zero attached hydrogens (tertiary/aromatic N) is 5. The van der Waals surface area contributed by atoms with Gasteiger partial charge in [0.1, 0.15) is 5.82 Å². The molecule has 38 heavy (non-hydrogen) atoms. The molecular weight excluding hydrogens is 480 g/mol. The third-order valence-corrected chi connectivity index (χ3v) is 5.82. The molecule has 3 aromatic rings. The van der Waals surface area contributed by atoms with Crippen molar-refractivity contribution in [3.63, 3.8) is 0 Å². The Morgan fingerprint density at radius 3 is 2.58 bits per heavy atom. The fourth-order valence-electron chi connectivity index (χ4n) is 4.03. The number of rotatable bonds is 4. The van der Waals surface area contributed by atoms with E-state index in [1.807, 2.05) is 67.3 Å². The molecular formula is C28H28N8O2. The van der Waals surface area contributed by atoms with Crippen LogP contribution >= 0.6 is 0 Å². The fourth-order valence-corrected chi connectivity index (χ4v) is 4.03. The lowest BCUT2D eigenvalue weighted by molar-refractivity contribution is -0.117. The number of aliphatic imine (C=N–C) groups is 2. The van der Waals surface area contributed by atoms with E-state index in [2.05, 4.69) is 26.4 Å². The van der Waals surface area contributed by atoms with E-state index in [4.69, 9.17) is 21.1 Å². The first kappa shape index (κ1) is 26.0. The Balaban J connectivity index is 0.00000164. The molecule has 2 aliphatic heterocycles. The van der Waals surface area contributed by atoms with Crippen LogP contribution in [0.4, 0.5) is 11.5 Å². The Labute approximate surface area is 221 Å². The van der Waals surface area contributed by atoms with E-state index >= 15 is 0 Å². The SMILES string of the molecule is CC.N#CC1CN(c2ncccc2C(=N)O/C(N)=N/C2N=C(c3ccccc3)c3ccccc3NC2=O)C1. The van der Waals surface area contributed by atoms with Crippen molar-refractivity contribution in [3.05, 3.63) is 89.6 Å². The van der Waals surface area contributed by atoms with Gasteiger partial charge in [0.05, 0.1) is 28.9 Å². The molecule has 0 bridgehead atoms. The van der Waals surface area contributed by atoms with E-state index in [1.165, 1.54) is 0 Å². The van der Waals surface area contributed by atoms with Gasteiger partial charge in [-0.05, 0) is 18.2 Å². The first-order valence-corrected chi connectivity index (χ1v) is 12.3. The minimum atomic E-state index is -1.22. The highest BCUT2D eigenvalue weighted by atomic mass is 16.5. The summed E-state index contributed by atoms with van der Waals surface area (Å²) in [4.78, 5) is 28.0. The van der Waals surface area contributed by atoms with Gasteiger partial charge in [-0.3, -0.25) is 10.2 Å². The van der Waals surface area contributed by atoms with Crippen molar-refractivity contribution in [2.75, 3.05) is 23.3 Å². The maximum absolute atomic E-state index is 13.0. The van der Waals surface area contributed by atoms with Gasteiger partial charge in [-0.2, -0.15) is 10.3 Å². The molecule has 5 rings (SSSR count). The summed E-state index contributed by atoms with van der Waals surface area (Å²) in [5.41, 5.74) is 9.19. The normalized spacial score (nSPS) is 16.8. The summed E-state index contributed by atoms with van der Waals surface area (Å²) in [5.74, 6) is -0.300. The number of para-hydroxylation sites is 1. The molecule has 4 N–H and O–H groups in total. The van der Waals surface area contributed by atoms with Crippen molar-refractivity contribution >= 4 is 35.0 Å². The number of nitrogens with one attached hydrogen (secondary N) is 2. The maximum Gasteiger partial charge on any atom is 0.291 e. The van der Waals surface area contributed by atoms with Crippen LogP contribution in [0.25, 0.3) is 0 Å². The van der Waals surface area contributed by atoms with Crippen LogP contribution < -0.4 is 16.0 Å². The van der Waals surface area contributed by atoms with Crippen LogP contribution in [0.1, 0.15) is 30.5 Å². The lowest BCUT2D eigenvalue weighted by Gasteiger charge is -2.37. The summed E-state index contributed by atoms with van der Waals surface area (Å²) in [5, 5.41) is 20.3. The first-order valence-electron chi connectivity index (χ1n) is 12.3. The molecule has 1 amide bonds. The second kappa shape index (κ2) is 11.8. The van der Waals surface area contributed by atoms with Crippen LogP contribution in [0.3, 0.4) is 0 Å². The van der Waals surface area contributed by atoms with E-state index in [0.717, 1.165) is 11.1 Å². The van der Waals surface area contributed by atoms with E-state index in [9.17, 15) is 4.79 Å². The number of benzene rings is 2. The molecule has 1 fully saturated rings. The number of ether oxygens (including phenoxy) is 1. The highest BCUT2D eigenvalue weighted by molar-refractivity contribution is 6.19. The summed E-state index contributed by atoms with van der Waals surface area (Å²) >= 11 is 0. The molecule has 1 unspecified atom stereocenters. The zero-order valence-electron chi connectivity index (χ0n) is 21.1. The predicted molar refractivity (Wildman–Crippen MR) is 147 cm³/mol. The molecule has 0 spiro atoms. The van der Waals surface area contributed by atoms with Gasteiger partial charge in [0, 0.05) is 30.4 Å². The quantitative estimate of drug-likeness (QED) is 0.362. The predicted octanol–water partition coefficient (Wildman–Crippen LogP) is 3.54. The number of amidine groups is 1. The maximum atomic E-state index is 13.0. The molecule has 0 aliphatic carbocycles. The Kier molecular flexibility index (Phi) is 8.08. The number of fused-ring (bicyclic) bond motifs is 1. The number of nitriles is 1. The first-order chi connectivity index (χ1) is 18.5. The molecule has 1 aromatic heterocycles. The van der Waals surface area contributed by atoms with Crippen LogP contribution in [0.5, 0.6) is 0 Å². The summed E-state index contributed by atoms with van der Waals surface area (Å²) in [6.07, 6.45) is 0.386. The zero-order chi connectivity index (χ0) is 27.1. The molecule has 1 saturated heterocycles. The van der Waals surface area contributed by atoms with Crippen molar-refractivity contribution in [2.24, 2.45) is 21.6 Å². The largest absolute Gasteiger partial charge is 0.407 e. The molecule has 10 heteroatoms. The fraction of sp³-hybridized carbons (Fsp3) is 0.214. The topological polar surface area (TPSA) is 153 Å². The van der Waals surface area contributed by atoms with E-state index in [-0.39, 0.29) is 17.8 Å². The third kappa shape index (κ3) is 5.52. The van der Waals surface area contributed by atoms with E-state index in [1.54, 1.807) is 24.4 Å². The standard InChI is InChI=1S/C26H22N8O2.C2H6/c27-13-16-14-34(15-16)24-19(10-6-12-30-24)22(28)36-26(29)33-23-25(35)31-20-11-5-4-9-18(20)21(32-23)17-7-2-1-3-8-17;1-2/h1-12,16,23,28H,14-15H2,(H2,29,33)(H,31,35);1-2H3. The third-order valence-electron chi connectivity index (χ3n) is 5.82. The molecule has 1 atom stereocenters. The Bertz CT molecular complexity index is 1420. The van der Waals surface area contributed by atoms with Crippen LogP contribution in [0, 0.1) is 22.7 Å². The van der Waals surface area contributed by atoms with Gasteiger partial charge in [-0.15, -0.1) is 0 Å². The molecule has 2 aliphatic rings. The Morgan fingerprint density at radius 1 is 1.13 bits per heavy atom. The number of amides is 1. The molecule has 10 nitrogen and oxygen atoms in total. The minimum absolute atomic E-state index is 0.0730. The molecule has 0 radical (unpaired) electrons. The number of hydrogen-bond acceptors (Lipinski definition) is 8. The van der Waals surface area contributed by atoms with Gasteiger partial charge < -0.3 is 20.7 Å². The van der Waals surface area contributed by atoms with Gasteiger partial charge >= 0.3 is 0 Å². The Hall–Kier alpha value is -5.04. The molecule has 2 aromatic carbocycles. The smallest absolute Gasteiger partial charge is 0.291 e. The lowest BCUT2D eigenvalue weighted by atomic mass is 10.0. The van der Waals surface area contributed by atoms with Crippen LogP contribution in [-0.2, 0) is 9.53 Å². The Morgan fingerprint density at radius 2 is 1.84 bits per heavy atom. The van der Waals surface area contributed by atoms with Crippen molar-refractivity contribution in [1.29, 1.82) is 10.7 Å². The van der Waals surface area contributed by atoms with Gasteiger partial charge in [0.25, 0.3) is 11.9 Å². The second-order valence-electron chi connectivity index (χ2n) is 8.26. The number of aromatic nitrogens is 1. The number of hydrogen-bond donors (Lipinski definition) is 3. The lowest BCUT2D eigenvalue weighted by Crippen LogP contribution is -2.47. The number of carbonyl (C=O) groups is 1. The van der Waals surface area contributed by atoms with Crippen molar-refractivity contribution in [2.45, 2.75) is 20.0 Å². The van der Waals surface area contributed by atoms with Gasteiger partial charge in [-0.1, -0.05) is 62.4 Å². The number of nitrogens with two attached hydrogens (primary N) is 1. The number of benzodiazepines with no additional fused rings is 1. The van der Waals surface area contributed by atoms with Gasteiger partial charge in [0.15, 0.2) is 0 Å². The average Bonchev–Trinajstić information content (AvgIpc) is 3.06. The van der Waals surface area contributed by atoms with Gasteiger partial charge in [0.2, 0.25) is 12.1 Å². The van der Waals surface area contributed by atoms with Crippen LogP contribution in [0.15, 0.2) is 82.9 Å². The number of anilines is 2. The summed E-state index contributed by atoms with van der Waals surface area (Å²) in [6.45, 7) is 5.05. The molecule has 0 saturated carbocycles. The number of carbonyl (C=O) groups excluding carboxylic acids is 1. The number of pyridine rings is 1. The van der Waals surface area contributed by atoms with Gasteiger partial charge in [-0.25, -0.2) is 9.98 Å². The van der Waals surface area contributed by atoms with Crippen LogP contribution in [-0.4, -0.2) is 47.8 Å². The van der Waals surface area contributed by atoms with Crippen molar-refractivity contribution in [1.82, 2.24) is 4.98 Å². The molecule has 3 heterocycles. The summed E-state index contributed by atoms with van der Waals surface area (Å²) in [7, 11) is 0. The van der Waals surface area contributed by atoms with Crippen LogP contribution in [0.2, 0.25) is 0 Å². The highest BCUT2D eigenvalue weighted by Gasteiger charge is 2.30. The summed E-state index contributed by atoms with van der Waals surface area (Å²) in [6, 6.07) is 22.0. The second-order valence-corrected chi connectivity index (χ2v) is 8.26. The highest BCUT2D eigenvalue weighted by Crippen LogP contribution is 2.27. The van der Waals surface area contributed by atoms with E-state index in [0.29, 0.717) is 35.9 Å². The minimum Gasteiger partial charge on any atom is -0.407 e. The zero-order valence-corrected chi connectivity index (χ0v) is 21.1. The molecule has 192 valence electrons. The van der Waals surface area contributed by atoms with E-state index < -0.39 is 12.1 Å². The monoisotopic (exact) mass is 508 g/mol.